The number of anilines is 2. The van der Waals surface area contributed by atoms with Gasteiger partial charge in [0.25, 0.3) is 0 Å². The van der Waals surface area contributed by atoms with Crippen LogP contribution in [0.15, 0.2) is 48.5 Å². The monoisotopic (exact) mass is 418 g/mol. The molecule has 0 aliphatic heterocycles. The van der Waals surface area contributed by atoms with E-state index in [1.807, 2.05) is 6.07 Å². The van der Waals surface area contributed by atoms with Crippen LogP contribution >= 0.6 is 22.6 Å². The maximum absolute atomic E-state index is 11.9. The average Bonchev–Trinajstić information content (AvgIpc) is 2.40. The third kappa shape index (κ3) is 5.43. The largest absolute Gasteiger partial charge is 0.492 e. The number of rotatable bonds is 6. The first-order valence-electron chi connectivity index (χ1n) is 6.19. The smallest absolute Gasteiger partial charge is 0.236 e. The predicted octanol–water partition coefficient (Wildman–Crippen LogP) is 2.69. The molecule has 0 atom stereocenters. The van der Waals surface area contributed by atoms with E-state index in [0.29, 0.717) is 17.1 Å². The SMILES string of the molecule is Nc1ccc(OCCS(=O)(=O)Nc2cccc(I)c2)cc1. The van der Waals surface area contributed by atoms with Crippen LogP contribution in [0.1, 0.15) is 0 Å². The second-order valence-corrected chi connectivity index (χ2v) is 7.44. The summed E-state index contributed by atoms with van der Waals surface area (Å²) in [7, 11) is -3.43. The Hall–Kier alpha value is -1.48. The van der Waals surface area contributed by atoms with Crippen molar-refractivity contribution in [2.75, 3.05) is 22.8 Å². The van der Waals surface area contributed by atoms with Crippen LogP contribution in [0.25, 0.3) is 0 Å². The molecule has 0 aromatic heterocycles. The molecule has 21 heavy (non-hydrogen) atoms. The van der Waals surface area contributed by atoms with Crippen molar-refractivity contribution < 1.29 is 13.2 Å². The van der Waals surface area contributed by atoms with Gasteiger partial charge in [0, 0.05) is 14.9 Å². The minimum atomic E-state index is -3.43. The number of nitrogen functional groups attached to an aromatic ring is 1. The van der Waals surface area contributed by atoms with E-state index in [2.05, 4.69) is 27.3 Å². The molecule has 0 amide bonds. The molecule has 112 valence electrons. The molecule has 0 heterocycles. The Kier molecular flexibility index (Phi) is 5.29. The minimum Gasteiger partial charge on any atom is -0.492 e. The highest BCUT2D eigenvalue weighted by Gasteiger charge is 2.11. The van der Waals surface area contributed by atoms with E-state index in [9.17, 15) is 8.42 Å². The van der Waals surface area contributed by atoms with Gasteiger partial charge in [0.05, 0.1) is 0 Å². The molecule has 0 bridgehead atoms. The number of hydrogen-bond acceptors (Lipinski definition) is 4. The van der Waals surface area contributed by atoms with Gasteiger partial charge in [-0.25, -0.2) is 8.42 Å². The third-order valence-corrected chi connectivity index (χ3v) is 4.52. The highest BCUT2D eigenvalue weighted by Crippen LogP contribution is 2.15. The van der Waals surface area contributed by atoms with Crippen LogP contribution in [-0.4, -0.2) is 20.8 Å². The Balaban J connectivity index is 1.88. The lowest BCUT2D eigenvalue weighted by atomic mass is 10.3. The van der Waals surface area contributed by atoms with Crippen molar-refractivity contribution in [3.63, 3.8) is 0 Å². The molecule has 0 radical (unpaired) electrons. The summed E-state index contributed by atoms with van der Waals surface area (Å²) in [5.41, 5.74) is 6.75. The van der Waals surface area contributed by atoms with E-state index in [-0.39, 0.29) is 12.4 Å². The molecule has 2 aromatic carbocycles. The minimum absolute atomic E-state index is 0.0726. The maximum atomic E-state index is 11.9. The molecule has 0 spiro atoms. The number of hydrogen-bond donors (Lipinski definition) is 2. The summed E-state index contributed by atoms with van der Waals surface area (Å²) in [5.74, 6) is 0.469. The average molecular weight is 418 g/mol. The summed E-state index contributed by atoms with van der Waals surface area (Å²) in [6, 6.07) is 14.0. The Labute approximate surface area is 137 Å². The van der Waals surface area contributed by atoms with Crippen molar-refractivity contribution in [3.8, 4) is 5.75 Å². The molecule has 2 rings (SSSR count). The van der Waals surface area contributed by atoms with Gasteiger partial charge in [-0.3, -0.25) is 4.72 Å². The number of ether oxygens (including phenoxy) is 1. The third-order valence-electron chi connectivity index (χ3n) is 2.60. The molecule has 0 aliphatic rings. The van der Waals surface area contributed by atoms with Crippen LogP contribution in [0.2, 0.25) is 0 Å². The van der Waals surface area contributed by atoms with E-state index < -0.39 is 10.0 Å². The van der Waals surface area contributed by atoms with E-state index in [4.69, 9.17) is 10.5 Å². The second-order valence-electron chi connectivity index (χ2n) is 4.35. The first-order valence-corrected chi connectivity index (χ1v) is 8.92. The summed E-state index contributed by atoms with van der Waals surface area (Å²) in [6.07, 6.45) is 0. The summed E-state index contributed by atoms with van der Waals surface area (Å²) in [4.78, 5) is 0. The standard InChI is InChI=1S/C14H15IN2O3S/c15-11-2-1-3-13(10-11)17-21(18,19)9-8-20-14-6-4-12(16)5-7-14/h1-7,10,17H,8-9,16H2. The number of halogens is 1. The number of sulfonamides is 1. The molecule has 0 fully saturated rings. The van der Waals surface area contributed by atoms with Crippen molar-refractivity contribution in [1.82, 2.24) is 0 Å². The van der Waals surface area contributed by atoms with Gasteiger partial charge < -0.3 is 10.5 Å². The fourth-order valence-electron chi connectivity index (χ4n) is 1.62. The van der Waals surface area contributed by atoms with Gasteiger partial charge >= 0.3 is 0 Å². The number of nitrogens with two attached hydrogens (primary N) is 1. The quantitative estimate of drug-likeness (QED) is 0.559. The molecule has 2 aromatic rings. The topological polar surface area (TPSA) is 81.4 Å². The lowest BCUT2D eigenvalue weighted by molar-refractivity contribution is 0.341. The molecule has 0 aliphatic carbocycles. The Morgan fingerprint density at radius 3 is 2.52 bits per heavy atom. The van der Waals surface area contributed by atoms with Gasteiger partial charge in [-0.05, 0) is 65.1 Å². The summed E-state index contributed by atoms with van der Waals surface area (Å²) >= 11 is 2.13. The lowest BCUT2D eigenvalue weighted by Gasteiger charge is -2.09. The first kappa shape index (κ1) is 15.9. The van der Waals surface area contributed by atoms with Crippen LogP contribution in [0.4, 0.5) is 11.4 Å². The molecular weight excluding hydrogens is 403 g/mol. The van der Waals surface area contributed by atoms with Crippen LogP contribution < -0.4 is 15.2 Å². The fourth-order valence-corrected chi connectivity index (χ4v) is 3.05. The summed E-state index contributed by atoms with van der Waals surface area (Å²) in [5, 5.41) is 0. The van der Waals surface area contributed by atoms with E-state index in [0.717, 1.165) is 3.57 Å². The highest BCUT2D eigenvalue weighted by molar-refractivity contribution is 14.1. The van der Waals surface area contributed by atoms with Gasteiger partial charge in [0.15, 0.2) is 0 Å². The number of nitrogens with one attached hydrogen (secondary N) is 1. The Morgan fingerprint density at radius 1 is 1.14 bits per heavy atom. The zero-order valence-electron chi connectivity index (χ0n) is 11.1. The van der Waals surface area contributed by atoms with E-state index in [1.54, 1.807) is 42.5 Å². The molecule has 0 saturated carbocycles. The fraction of sp³-hybridized carbons (Fsp3) is 0.143. The molecule has 0 unspecified atom stereocenters. The highest BCUT2D eigenvalue weighted by atomic mass is 127. The molecule has 3 N–H and O–H groups in total. The first-order chi connectivity index (χ1) is 9.94. The van der Waals surface area contributed by atoms with Crippen molar-refractivity contribution in [1.29, 1.82) is 0 Å². The molecule has 5 nitrogen and oxygen atoms in total. The summed E-state index contributed by atoms with van der Waals surface area (Å²) in [6.45, 7) is 0.0726. The molecule has 0 saturated heterocycles. The Morgan fingerprint density at radius 2 is 1.86 bits per heavy atom. The lowest BCUT2D eigenvalue weighted by Crippen LogP contribution is -2.21. The van der Waals surface area contributed by atoms with Gasteiger partial charge in [0.2, 0.25) is 10.0 Å². The Bertz CT molecular complexity index is 702. The van der Waals surface area contributed by atoms with Crippen LogP contribution in [0.3, 0.4) is 0 Å². The molecule has 7 heteroatoms. The van der Waals surface area contributed by atoms with Crippen molar-refractivity contribution >= 4 is 44.0 Å². The van der Waals surface area contributed by atoms with Crippen LogP contribution in [0.5, 0.6) is 5.75 Å². The van der Waals surface area contributed by atoms with Crippen molar-refractivity contribution in [2.24, 2.45) is 0 Å². The van der Waals surface area contributed by atoms with Gasteiger partial charge in [-0.1, -0.05) is 6.07 Å². The zero-order valence-corrected chi connectivity index (χ0v) is 14.1. The van der Waals surface area contributed by atoms with Crippen LogP contribution in [0, 0.1) is 3.57 Å². The predicted molar refractivity (Wildman–Crippen MR) is 92.9 cm³/mol. The van der Waals surface area contributed by atoms with Gasteiger partial charge in [-0.15, -0.1) is 0 Å². The number of benzene rings is 2. The molecular formula is C14H15IN2O3S. The van der Waals surface area contributed by atoms with Crippen molar-refractivity contribution in [2.45, 2.75) is 0 Å². The van der Waals surface area contributed by atoms with Gasteiger partial charge in [0.1, 0.15) is 18.1 Å². The normalized spacial score (nSPS) is 11.1. The van der Waals surface area contributed by atoms with E-state index in [1.165, 1.54) is 0 Å². The zero-order chi connectivity index (χ0) is 15.3. The van der Waals surface area contributed by atoms with Gasteiger partial charge in [-0.2, -0.15) is 0 Å². The maximum Gasteiger partial charge on any atom is 0.236 e. The summed E-state index contributed by atoms with van der Waals surface area (Å²) < 4.78 is 32.8. The van der Waals surface area contributed by atoms with Crippen LogP contribution in [-0.2, 0) is 10.0 Å². The van der Waals surface area contributed by atoms with E-state index >= 15 is 0 Å². The van der Waals surface area contributed by atoms with Crippen molar-refractivity contribution in [3.05, 3.63) is 52.1 Å². The second kappa shape index (κ2) is 6.99.